The number of imidazole rings is 1. The maximum Gasteiger partial charge on any atom is 0.328 e. The van der Waals surface area contributed by atoms with Gasteiger partial charge in [-0.3, -0.25) is 9.56 Å². The second-order valence-corrected chi connectivity index (χ2v) is 5.16. The average molecular weight is 320 g/mol. The lowest BCUT2D eigenvalue weighted by atomic mass is 10.1. The molecule has 0 atom stereocenters. The van der Waals surface area contributed by atoms with Gasteiger partial charge < -0.3 is 10.1 Å². The summed E-state index contributed by atoms with van der Waals surface area (Å²) in [7, 11) is 1.50. The van der Waals surface area contributed by atoms with Crippen molar-refractivity contribution in [2.75, 3.05) is 0 Å². The summed E-state index contributed by atoms with van der Waals surface area (Å²) in [4.78, 5) is 18.3. The highest BCUT2D eigenvalue weighted by Crippen LogP contribution is 2.35. The lowest BCUT2D eigenvalue weighted by Gasteiger charge is -2.00. The fraction of sp³-hybridized carbons (Fsp3) is 0.0769. The van der Waals surface area contributed by atoms with E-state index in [1.165, 1.54) is 7.05 Å². The fourth-order valence-corrected chi connectivity index (χ4v) is 2.32. The van der Waals surface area contributed by atoms with Crippen molar-refractivity contribution in [1.29, 1.82) is 0 Å². The van der Waals surface area contributed by atoms with Gasteiger partial charge in [0.15, 0.2) is 0 Å². The molecular formula is C13H10BrN3O2. The second-order valence-electron chi connectivity index (χ2n) is 4.25. The van der Waals surface area contributed by atoms with Gasteiger partial charge in [0.25, 0.3) is 0 Å². The smallest absolute Gasteiger partial charge is 0.328 e. The predicted octanol–water partition coefficient (Wildman–Crippen LogP) is 2.44. The highest BCUT2D eigenvalue weighted by Gasteiger charge is 2.15. The van der Waals surface area contributed by atoms with Gasteiger partial charge in [0, 0.05) is 28.9 Å². The van der Waals surface area contributed by atoms with E-state index >= 15 is 0 Å². The Bertz CT molecular complexity index is 784. The number of fused-ring (bicyclic) bond motifs is 1. The standard InChI is InChI=1S/C13H10BrN3O2/c1-17-12(18)11(16-13(17)19)4-7-6-15-10-3-2-8(14)5-9(7)10/h2-6,18H,1H3,(H,16,19)/b7-4+. The summed E-state index contributed by atoms with van der Waals surface area (Å²) >= 11 is 3.41. The molecule has 1 aliphatic rings. The van der Waals surface area contributed by atoms with Gasteiger partial charge in [-0.1, -0.05) is 15.9 Å². The molecule has 2 aromatic rings. The van der Waals surface area contributed by atoms with Gasteiger partial charge in [-0.15, -0.1) is 0 Å². The largest absolute Gasteiger partial charge is 0.493 e. The molecule has 0 unspecified atom stereocenters. The number of aromatic amines is 1. The van der Waals surface area contributed by atoms with Crippen LogP contribution in [0.15, 0.2) is 32.5 Å². The van der Waals surface area contributed by atoms with E-state index in [-0.39, 0.29) is 11.6 Å². The van der Waals surface area contributed by atoms with Crippen LogP contribution < -0.4 is 5.69 Å². The van der Waals surface area contributed by atoms with Gasteiger partial charge in [-0.25, -0.2) is 4.79 Å². The van der Waals surface area contributed by atoms with E-state index in [4.69, 9.17) is 0 Å². The zero-order chi connectivity index (χ0) is 13.6. The number of nitrogens with one attached hydrogen (secondary N) is 1. The summed E-state index contributed by atoms with van der Waals surface area (Å²) in [5.74, 6) is -0.0886. The van der Waals surface area contributed by atoms with Crippen LogP contribution in [0.1, 0.15) is 11.3 Å². The minimum absolute atomic E-state index is 0.0886. The fourth-order valence-electron chi connectivity index (χ4n) is 1.96. The van der Waals surface area contributed by atoms with Crippen molar-refractivity contribution in [2.45, 2.75) is 0 Å². The van der Waals surface area contributed by atoms with Gasteiger partial charge in [-0.2, -0.15) is 0 Å². The number of H-pyrrole nitrogens is 1. The van der Waals surface area contributed by atoms with Crippen LogP contribution in [0.5, 0.6) is 5.88 Å². The molecule has 1 aliphatic heterocycles. The van der Waals surface area contributed by atoms with Crippen LogP contribution in [0.25, 0.3) is 11.6 Å². The third-order valence-electron chi connectivity index (χ3n) is 3.02. The molecule has 5 nitrogen and oxygen atoms in total. The molecular weight excluding hydrogens is 310 g/mol. The molecule has 1 aromatic heterocycles. The Balaban J connectivity index is 2.13. The summed E-state index contributed by atoms with van der Waals surface area (Å²) in [6.07, 6.45) is 3.42. The molecule has 3 rings (SSSR count). The van der Waals surface area contributed by atoms with Crippen LogP contribution in [0, 0.1) is 0 Å². The van der Waals surface area contributed by atoms with Crippen LogP contribution in [-0.4, -0.2) is 20.9 Å². The quantitative estimate of drug-likeness (QED) is 0.847. The Hall–Kier alpha value is -2.08. The SMILES string of the molecule is Cn1c(O)c(/C=C2\C=Nc3ccc(Br)cc32)[nH]c1=O. The van der Waals surface area contributed by atoms with Gasteiger partial charge in [0.1, 0.15) is 5.69 Å². The third-order valence-corrected chi connectivity index (χ3v) is 3.51. The number of nitrogens with zero attached hydrogens (tertiary/aromatic N) is 2. The zero-order valence-corrected chi connectivity index (χ0v) is 11.6. The lowest BCUT2D eigenvalue weighted by Crippen LogP contribution is -2.11. The molecule has 6 heteroatoms. The topological polar surface area (TPSA) is 70.4 Å². The highest BCUT2D eigenvalue weighted by atomic mass is 79.9. The van der Waals surface area contributed by atoms with Gasteiger partial charge >= 0.3 is 5.69 Å². The maximum atomic E-state index is 11.4. The van der Waals surface area contributed by atoms with Gasteiger partial charge in [0.2, 0.25) is 5.88 Å². The predicted molar refractivity (Wildman–Crippen MR) is 77.9 cm³/mol. The number of hydrogen-bond donors (Lipinski definition) is 2. The van der Waals surface area contributed by atoms with Crippen molar-refractivity contribution < 1.29 is 5.11 Å². The van der Waals surface area contributed by atoms with E-state index in [1.54, 1.807) is 12.3 Å². The first-order valence-electron chi connectivity index (χ1n) is 5.60. The number of rotatable bonds is 1. The number of aromatic nitrogens is 2. The van der Waals surface area contributed by atoms with Crippen molar-refractivity contribution in [3.63, 3.8) is 0 Å². The molecule has 0 amide bonds. The molecule has 19 heavy (non-hydrogen) atoms. The van der Waals surface area contributed by atoms with Crippen LogP contribution in [0.3, 0.4) is 0 Å². The number of hydrogen-bond acceptors (Lipinski definition) is 3. The molecule has 2 N–H and O–H groups in total. The minimum Gasteiger partial charge on any atom is -0.493 e. The second kappa shape index (κ2) is 4.24. The van der Waals surface area contributed by atoms with E-state index in [1.807, 2.05) is 18.2 Å². The van der Waals surface area contributed by atoms with Crippen LogP contribution in [-0.2, 0) is 7.05 Å². The molecule has 0 spiro atoms. The molecule has 0 fully saturated rings. The summed E-state index contributed by atoms with van der Waals surface area (Å²) in [5.41, 5.74) is 2.69. The Morgan fingerprint density at radius 3 is 2.95 bits per heavy atom. The summed E-state index contributed by atoms with van der Waals surface area (Å²) < 4.78 is 2.11. The van der Waals surface area contributed by atoms with Gasteiger partial charge in [0.05, 0.1) is 5.69 Å². The van der Waals surface area contributed by atoms with Crippen molar-refractivity contribution in [1.82, 2.24) is 9.55 Å². The van der Waals surface area contributed by atoms with Crippen LogP contribution >= 0.6 is 15.9 Å². The lowest BCUT2D eigenvalue weighted by molar-refractivity contribution is 0.428. The number of allylic oxidation sites excluding steroid dienone is 1. The number of aliphatic imine (C=N–C) groups is 1. The van der Waals surface area contributed by atoms with E-state index < -0.39 is 0 Å². The Labute approximate surface area is 117 Å². The van der Waals surface area contributed by atoms with Crippen LogP contribution in [0.2, 0.25) is 0 Å². The van der Waals surface area contributed by atoms with Gasteiger partial charge in [-0.05, 0) is 24.3 Å². The average Bonchev–Trinajstić information content (AvgIpc) is 2.88. The molecule has 0 saturated carbocycles. The molecule has 0 radical (unpaired) electrons. The molecule has 1 aromatic carbocycles. The first-order chi connectivity index (χ1) is 9.06. The van der Waals surface area contributed by atoms with E-state index in [9.17, 15) is 9.90 Å². The third kappa shape index (κ3) is 1.94. The summed E-state index contributed by atoms with van der Waals surface area (Å²) in [6, 6.07) is 5.78. The maximum absolute atomic E-state index is 11.4. The Kier molecular flexibility index (Phi) is 2.67. The molecule has 0 saturated heterocycles. The van der Waals surface area contributed by atoms with Crippen LogP contribution in [0.4, 0.5) is 5.69 Å². The molecule has 0 aliphatic carbocycles. The minimum atomic E-state index is -0.353. The summed E-state index contributed by atoms with van der Waals surface area (Å²) in [5, 5.41) is 9.81. The van der Waals surface area contributed by atoms with Crippen molar-refractivity contribution in [3.8, 4) is 5.88 Å². The first-order valence-corrected chi connectivity index (χ1v) is 6.39. The summed E-state index contributed by atoms with van der Waals surface area (Å²) in [6.45, 7) is 0. The molecule has 2 heterocycles. The van der Waals surface area contributed by atoms with Crippen molar-refractivity contribution in [3.05, 3.63) is 44.4 Å². The number of benzene rings is 1. The Morgan fingerprint density at radius 1 is 1.47 bits per heavy atom. The molecule has 0 bridgehead atoms. The van der Waals surface area contributed by atoms with E-state index in [0.717, 1.165) is 25.9 Å². The number of aromatic hydroxyl groups is 1. The van der Waals surface area contributed by atoms with E-state index in [0.29, 0.717) is 5.69 Å². The van der Waals surface area contributed by atoms with Crippen molar-refractivity contribution >= 4 is 39.5 Å². The normalized spacial score (nSPS) is 15.2. The first kappa shape index (κ1) is 12.0. The van der Waals surface area contributed by atoms with Crippen molar-refractivity contribution in [2.24, 2.45) is 12.0 Å². The number of halogens is 1. The highest BCUT2D eigenvalue weighted by molar-refractivity contribution is 9.10. The van der Waals surface area contributed by atoms with E-state index in [2.05, 4.69) is 25.9 Å². The monoisotopic (exact) mass is 319 g/mol. The molecule has 96 valence electrons. The Morgan fingerprint density at radius 2 is 2.26 bits per heavy atom. The zero-order valence-electron chi connectivity index (χ0n) is 10.0.